The molecule has 1 aliphatic heterocycles. The van der Waals surface area contributed by atoms with E-state index in [9.17, 15) is 4.79 Å². The second kappa shape index (κ2) is 5.60. The molecule has 102 valence electrons. The summed E-state index contributed by atoms with van der Waals surface area (Å²) in [5, 5.41) is 6.62. The first-order valence-corrected chi connectivity index (χ1v) is 7.81. The zero-order valence-corrected chi connectivity index (χ0v) is 11.3. The van der Waals surface area contributed by atoms with Crippen molar-refractivity contribution < 1.29 is 4.79 Å². The Labute approximate surface area is 110 Å². The number of rotatable bonds is 4. The smallest absolute Gasteiger partial charge is 0.221 e. The molecule has 4 unspecified atom stereocenters. The maximum Gasteiger partial charge on any atom is 0.221 e. The lowest BCUT2D eigenvalue weighted by atomic mass is 9.89. The topological polar surface area (TPSA) is 41.1 Å². The molecule has 2 aliphatic carbocycles. The van der Waals surface area contributed by atoms with Crippen molar-refractivity contribution in [2.45, 2.75) is 57.4 Å². The van der Waals surface area contributed by atoms with Crippen LogP contribution in [0.4, 0.5) is 0 Å². The van der Waals surface area contributed by atoms with Gasteiger partial charge in [-0.15, -0.1) is 0 Å². The number of fused-ring (bicyclic) bond motifs is 2. The summed E-state index contributed by atoms with van der Waals surface area (Å²) < 4.78 is 0. The lowest BCUT2D eigenvalue weighted by molar-refractivity contribution is -0.122. The number of hydrogen-bond acceptors (Lipinski definition) is 2. The number of piperidine rings is 1. The summed E-state index contributed by atoms with van der Waals surface area (Å²) in [7, 11) is 0. The van der Waals surface area contributed by atoms with Crippen LogP contribution in [-0.4, -0.2) is 25.0 Å². The second-order valence-corrected chi connectivity index (χ2v) is 6.59. The summed E-state index contributed by atoms with van der Waals surface area (Å²) in [5.41, 5.74) is 0. The predicted molar refractivity (Wildman–Crippen MR) is 72.2 cm³/mol. The number of carbonyl (C=O) groups excluding carboxylic acids is 1. The van der Waals surface area contributed by atoms with Crippen molar-refractivity contribution in [3.63, 3.8) is 0 Å². The largest absolute Gasteiger partial charge is 0.356 e. The van der Waals surface area contributed by atoms with Crippen LogP contribution in [0.2, 0.25) is 0 Å². The molecule has 3 rings (SSSR count). The highest BCUT2D eigenvalue weighted by Crippen LogP contribution is 2.47. The molecular formula is C15H26N2O. The van der Waals surface area contributed by atoms with E-state index in [0.717, 1.165) is 30.8 Å². The van der Waals surface area contributed by atoms with Crippen molar-refractivity contribution >= 4 is 5.91 Å². The maximum absolute atomic E-state index is 11.9. The van der Waals surface area contributed by atoms with Gasteiger partial charge < -0.3 is 10.6 Å². The Morgan fingerprint density at radius 1 is 1.17 bits per heavy atom. The highest BCUT2D eigenvalue weighted by molar-refractivity contribution is 5.76. The van der Waals surface area contributed by atoms with Gasteiger partial charge in [-0.25, -0.2) is 0 Å². The fourth-order valence-electron chi connectivity index (χ4n) is 4.27. The van der Waals surface area contributed by atoms with E-state index in [2.05, 4.69) is 10.6 Å². The number of hydrogen-bond donors (Lipinski definition) is 2. The van der Waals surface area contributed by atoms with Crippen molar-refractivity contribution in [2.75, 3.05) is 13.1 Å². The van der Waals surface area contributed by atoms with Crippen LogP contribution in [0.3, 0.4) is 0 Å². The minimum atomic E-state index is 0.261. The molecule has 18 heavy (non-hydrogen) atoms. The molecule has 3 heteroatoms. The third-order valence-corrected chi connectivity index (χ3v) is 5.29. The molecule has 0 aromatic heterocycles. The van der Waals surface area contributed by atoms with E-state index in [0.29, 0.717) is 12.5 Å². The first-order chi connectivity index (χ1) is 8.81. The van der Waals surface area contributed by atoms with Crippen LogP contribution in [0.15, 0.2) is 0 Å². The molecule has 3 aliphatic rings. The molecule has 1 saturated heterocycles. The fraction of sp³-hybridized carbons (Fsp3) is 0.933. The molecule has 2 saturated carbocycles. The van der Waals surface area contributed by atoms with Gasteiger partial charge in [0.05, 0.1) is 0 Å². The van der Waals surface area contributed by atoms with Crippen LogP contribution in [0.5, 0.6) is 0 Å². The van der Waals surface area contributed by atoms with Gasteiger partial charge in [0.25, 0.3) is 0 Å². The highest BCUT2D eigenvalue weighted by atomic mass is 16.1. The van der Waals surface area contributed by atoms with Crippen molar-refractivity contribution in [3.8, 4) is 0 Å². The Morgan fingerprint density at radius 3 is 2.78 bits per heavy atom. The average Bonchev–Trinajstić information content (AvgIpc) is 3.00. The molecule has 1 heterocycles. The van der Waals surface area contributed by atoms with Gasteiger partial charge in [0.1, 0.15) is 0 Å². The van der Waals surface area contributed by atoms with E-state index in [1.807, 2.05) is 0 Å². The van der Waals surface area contributed by atoms with Gasteiger partial charge in [-0.1, -0.05) is 12.8 Å². The van der Waals surface area contributed by atoms with Gasteiger partial charge in [0.2, 0.25) is 5.91 Å². The Kier molecular flexibility index (Phi) is 3.88. The Bertz CT molecular complexity index is 299. The lowest BCUT2D eigenvalue weighted by Gasteiger charge is -2.24. The second-order valence-electron chi connectivity index (χ2n) is 6.59. The molecule has 0 aromatic rings. The average molecular weight is 250 g/mol. The molecule has 0 aromatic carbocycles. The quantitative estimate of drug-likeness (QED) is 0.802. The van der Waals surface area contributed by atoms with Crippen molar-refractivity contribution in [3.05, 3.63) is 0 Å². The van der Waals surface area contributed by atoms with Crippen LogP contribution in [0.25, 0.3) is 0 Å². The normalized spacial score (nSPS) is 38.9. The summed E-state index contributed by atoms with van der Waals surface area (Å²) in [4.78, 5) is 11.9. The van der Waals surface area contributed by atoms with Gasteiger partial charge in [-0.2, -0.15) is 0 Å². The van der Waals surface area contributed by atoms with Crippen LogP contribution >= 0.6 is 0 Å². The molecule has 0 spiro atoms. The minimum absolute atomic E-state index is 0.261. The zero-order chi connectivity index (χ0) is 12.4. The third-order valence-electron chi connectivity index (χ3n) is 5.29. The lowest BCUT2D eigenvalue weighted by Crippen LogP contribution is -2.40. The summed E-state index contributed by atoms with van der Waals surface area (Å²) in [6, 6.07) is 0.429. The van der Waals surface area contributed by atoms with E-state index in [1.165, 1.54) is 44.9 Å². The van der Waals surface area contributed by atoms with E-state index >= 15 is 0 Å². The third kappa shape index (κ3) is 2.87. The molecule has 3 fully saturated rings. The van der Waals surface area contributed by atoms with E-state index in [4.69, 9.17) is 0 Å². The first kappa shape index (κ1) is 12.5. The van der Waals surface area contributed by atoms with Crippen molar-refractivity contribution in [1.82, 2.24) is 10.6 Å². The SMILES string of the molecule is O=C(CC1CCCCN1)NCC1CC2CCC1C2. The van der Waals surface area contributed by atoms with E-state index < -0.39 is 0 Å². The Morgan fingerprint density at radius 2 is 2.11 bits per heavy atom. The number of nitrogens with one attached hydrogen (secondary N) is 2. The number of amides is 1. The standard InChI is InChI=1S/C15H26N2O/c18-15(9-14-3-1-2-6-16-14)17-10-13-8-11-4-5-12(13)7-11/h11-14,16H,1-10H2,(H,17,18). The highest BCUT2D eigenvalue weighted by Gasteiger charge is 2.39. The molecule has 2 N–H and O–H groups in total. The number of carbonyl (C=O) groups is 1. The fourth-order valence-corrected chi connectivity index (χ4v) is 4.27. The monoisotopic (exact) mass is 250 g/mol. The summed E-state index contributed by atoms with van der Waals surface area (Å²) in [6.45, 7) is 2.02. The minimum Gasteiger partial charge on any atom is -0.356 e. The van der Waals surface area contributed by atoms with Gasteiger partial charge >= 0.3 is 0 Å². The Hall–Kier alpha value is -0.570. The van der Waals surface area contributed by atoms with Gasteiger partial charge in [0, 0.05) is 19.0 Å². The maximum atomic E-state index is 11.9. The summed E-state index contributed by atoms with van der Waals surface area (Å²) in [6.07, 6.45) is 10.1. The zero-order valence-electron chi connectivity index (χ0n) is 11.3. The molecular weight excluding hydrogens is 224 g/mol. The molecule has 0 radical (unpaired) electrons. The molecule has 4 atom stereocenters. The predicted octanol–water partition coefficient (Wildman–Crippen LogP) is 2.07. The van der Waals surface area contributed by atoms with E-state index in [-0.39, 0.29) is 5.91 Å². The van der Waals surface area contributed by atoms with E-state index in [1.54, 1.807) is 0 Å². The van der Waals surface area contributed by atoms with Crippen LogP contribution in [0.1, 0.15) is 51.4 Å². The molecule has 2 bridgehead atoms. The summed E-state index contributed by atoms with van der Waals surface area (Å²) in [5.74, 6) is 2.95. The Balaban J connectivity index is 1.36. The van der Waals surface area contributed by atoms with Crippen LogP contribution in [0, 0.1) is 17.8 Å². The van der Waals surface area contributed by atoms with Crippen molar-refractivity contribution in [1.29, 1.82) is 0 Å². The molecule has 3 nitrogen and oxygen atoms in total. The van der Waals surface area contributed by atoms with Gasteiger partial charge in [-0.3, -0.25) is 4.79 Å². The van der Waals surface area contributed by atoms with Crippen molar-refractivity contribution in [2.24, 2.45) is 17.8 Å². The first-order valence-electron chi connectivity index (χ1n) is 7.81. The summed E-state index contributed by atoms with van der Waals surface area (Å²) >= 11 is 0. The van der Waals surface area contributed by atoms with Gasteiger partial charge in [0.15, 0.2) is 0 Å². The van der Waals surface area contributed by atoms with Gasteiger partial charge in [-0.05, 0) is 56.4 Å². The van der Waals surface area contributed by atoms with Crippen LogP contribution < -0.4 is 10.6 Å². The molecule has 1 amide bonds. The van der Waals surface area contributed by atoms with Crippen LogP contribution in [-0.2, 0) is 4.79 Å².